The third kappa shape index (κ3) is 2.52. The molecule has 0 amide bonds. The fourth-order valence-electron chi connectivity index (χ4n) is 1.94. The van der Waals surface area contributed by atoms with E-state index in [1.54, 1.807) is 6.92 Å². The maximum Gasteiger partial charge on any atom is 0.338 e. The second kappa shape index (κ2) is 6.17. The first-order chi connectivity index (χ1) is 9.03. The molecule has 6 heteroatoms. The van der Waals surface area contributed by atoms with E-state index < -0.39 is 11.8 Å². The SMILES string of the molecule is COC(=O)c1c(C)c(OC)c(OC)c(F)c1CC=O. The van der Waals surface area contributed by atoms with Crippen LogP contribution in [0.25, 0.3) is 0 Å². The molecule has 1 aromatic rings. The topological polar surface area (TPSA) is 61.8 Å². The Morgan fingerprint density at radius 2 is 1.79 bits per heavy atom. The Hall–Kier alpha value is -2.11. The summed E-state index contributed by atoms with van der Waals surface area (Å²) >= 11 is 0. The van der Waals surface area contributed by atoms with Crippen molar-refractivity contribution < 1.29 is 28.2 Å². The number of carbonyl (C=O) groups excluding carboxylic acids is 2. The molecule has 0 saturated carbocycles. The number of aldehydes is 1. The molecule has 0 spiro atoms. The van der Waals surface area contributed by atoms with Crippen LogP contribution in [0.4, 0.5) is 4.39 Å². The van der Waals surface area contributed by atoms with Gasteiger partial charge in [0, 0.05) is 17.5 Å². The van der Waals surface area contributed by atoms with Crippen LogP contribution in [0.3, 0.4) is 0 Å². The largest absolute Gasteiger partial charge is 0.492 e. The van der Waals surface area contributed by atoms with E-state index in [9.17, 15) is 14.0 Å². The lowest BCUT2D eigenvalue weighted by Crippen LogP contribution is -2.13. The molecular formula is C13H15FO5. The maximum absolute atomic E-state index is 14.3. The van der Waals surface area contributed by atoms with Crippen molar-refractivity contribution in [3.05, 3.63) is 22.5 Å². The Kier molecular flexibility index (Phi) is 4.86. The highest BCUT2D eigenvalue weighted by Gasteiger charge is 2.27. The lowest BCUT2D eigenvalue weighted by atomic mass is 9.97. The number of halogens is 1. The summed E-state index contributed by atoms with van der Waals surface area (Å²) < 4.78 is 28.9. The first kappa shape index (κ1) is 14.9. The van der Waals surface area contributed by atoms with Crippen LogP contribution < -0.4 is 9.47 Å². The summed E-state index contributed by atoms with van der Waals surface area (Å²) in [7, 11) is 3.80. The zero-order chi connectivity index (χ0) is 14.6. The van der Waals surface area contributed by atoms with Crippen LogP contribution in [0.1, 0.15) is 21.5 Å². The minimum absolute atomic E-state index is 0.00949. The molecule has 0 aliphatic carbocycles. The number of hydrogen-bond donors (Lipinski definition) is 0. The summed E-state index contributed by atoms with van der Waals surface area (Å²) in [5.41, 5.74) is 0.297. The number of rotatable bonds is 5. The van der Waals surface area contributed by atoms with Gasteiger partial charge in [-0.2, -0.15) is 0 Å². The van der Waals surface area contributed by atoms with Crippen molar-refractivity contribution in [3.8, 4) is 11.5 Å². The molecule has 5 nitrogen and oxygen atoms in total. The Balaban J connectivity index is 3.72. The van der Waals surface area contributed by atoms with Crippen molar-refractivity contribution in [1.29, 1.82) is 0 Å². The first-order valence-corrected chi connectivity index (χ1v) is 5.48. The molecule has 0 atom stereocenters. The van der Waals surface area contributed by atoms with Gasteiger partial charge in [-0.25, -0.2) is 9.18 Å². The van der Waals surface area contributed by atoms with Crippen molar-refractivity contribution in [2.75, 3.05) is 21.3 Å². The van der Waals surface area contributed by atoms with E-state index >= 15 is 0 Å². The summed E-state index contributed by atoms with van der Waals surface area (Å²) in [6, 6.07) is 0. The summed E-state index contributed by atoms with van der Waals surface area (Å²) in [5, 5.41) is 0. The molecule has 1 aromatic carbocycles. The number of ether oxygens (including phenoxy) is 3. The van der Waals surface area contributed by atoms with Gasteiger partial charge in [0.25, 0.3) is 0 Å². The van der Waals surface area contributed by atoms with Crippen molar-refractivity contribution in [2.24, 2.45) is 0 Å². The average molecular weight is 270 g/mol. The van der Waals surface area contributed by atoms with E-state index in [0.29, 0.717) is 11.8 Å². The minimum atomic E-state index is -0.794. The van der Waals surface area contributed by atoms with Crippen molar-refractivity contribution in [2.45, 2.75) is 13.3 Å². The van der Waals surface area contributed by atoms with Crippen LogP contribution in [-0.4, -0.2) is 33.6 Å². The average Bonchev–Trinajstić information content (AvgIpc) is 2.41. The summed E-state index contributed by atoms with van der Waals surface area (Å²) in [6.45, 7) is 1.57. The standard InChI is InChI=1S/C13H15FO5/c1-7-9(13(16)19-4)8(5-6-15)10(14)12(18-3)11(7)17-2/h6H,5H2,1-4H3. The molecule has 0 N–H and O–H groups in total. The van der Waals surface area contributed by atoms with Crippen LogP contribution in [0, 0.1) is 12.7 Å². The summed E-state index contributed by atoms with van der Waals surface area (Å²) in [4.78, 5) is 22.4. The summed E-state index contributed by atoms with van der Waals surface area (Å²) in [5.74, 6) is -1.55. The van der Waals surface area contributed by atoms with E-state index in [1.807, 2.05) is 0 Å². The second-order valence-corrected chi connectivity index (χ2v) is 3.72. The molecular weight excluding hydrogens is 255 g/mol. The monoisotopic (exact) mass is 270 g/mol. The van der Waals surface area contributed by atoms with E-state index in [1.165, 1.54) is 21.3 Å². The Labute approximate surface area is 110 Å². The number of benzene rings is 1. The highest BCUT2D eigenvalue weighted by atomic mass is 19.1. The van der Waals surface area contributed by atoms with Gasteiger partial charge >= 0.3 is 5.97 Å². The Bertz CT molecular complexity index is 510. The fraction of sp³-hybridized carbons (Fsp3) is 0.385. The van der Waals surface area contributed by atoms with Gasteiger partial charge in [0.1, 0.15) is 6.29 Å². The van der Waals surface area contributed by atoms with Crippen molar-refractivity contribution in [3.63, 3.8) is 0 Å². The minimum Gasteiger partial charge on any atom is -0.492 e. The van der Waals surface area contributed by atoms with Gasteiger partial charge in [-0.3, -0.25) is 0 Å². The van der Waals surface area contributed by atoms with Gasteiger partial charge in [-0.1, -0.05) is 0 Å². The van der Waals surface area contributed by atoms with Crippen LogP contribution in [0.15, 0.2) is 0 Å². The van der Waals surface area contributed by atoms with E-state index in [-0.39, 0.29) is 29.0 Å². The van der Waals surface area contributed by atoms with Crippen molar-refractivity contribution >= 4 is 12.3 Å². The quantitative estimate of drug-likeness (QED) is 0.601. The van der Waals surface area contributed by atoms with Crippen LogP contribution in [-0.2, 0) is 16.0 Å². The smallest absolute Gasteiger partial charge is 0.338 e. The molecule has 0 unspecified atom stereocenters. The lowest BCUT2D eigenvalue weighted by Gasteiger charge is -2.17. The molecule has 0 bridgehead atoms. The van der Waals surface area contributed by atoms with Gasteiger partial charge in [0.2, 0.25) is 0 Å². The normalized spacial score (nSPS) is 9.95. The number of methoxy groups -OCH3 is 3. The highest BCUT2D eigenvalue weighted by molar-refractivity contribution is 5.95. The predicted molar refractivity (Wildman–Crippen MR) is 65.3 cm³/mol. The lowest BCUT2D eigenvalue weighted by molar-refractivity contribution is -0.107. The molecule has 104 valence electrons. The summed E-state index contributed by atoms with van der Waals surface area (Å²) in [6.07, 6.45) is 0.258. The second-order valence-electron chi connectivity index (χ2n) is 3.72. The van der Waals surface area contributed by atoms with Gasteiger partial charge in [-0.05, 0) is 6.92 Å². The van der Waals surface area contributed by atoms with Crippen LogP contribution in [0.2, 0.25) is 0 Å². The number of carbonyl (C=O) groups is 2. The molecule has 0 aliphatic heterocycles. The van der Waals surface area contributed by atoms with Gasteiger partial charge in [0.15, 0.2) is 17.3 Å². The first-order valence-electron chi connectivity index (χ1n) is 5.48. The maximum atomic E-state index is 14.3. The van der Waals surface area contributed by atoms with Gasteiger partial charge in [-0.15, -0.1) is 0 Å². The Morgan fingerprint density at radius 1 is 1.21 bits per heavy atom. The zero-order valence-electron chi connectivity index (χ0n) is 11.2. The molecule has 0 heterocycles. The third-order valence-electron chi connectivity index (χ3n) is 2.77. The molecule has 0 aromatic heterocycles. The number of hydrogen-bond acceptors (Lipinski definition) is 5. The van der Waals surface area contributed by atoms with E-state index in [0.717, 1.165) is 0 Å². The molecule has 0 saturated heterocycles. The molecule has 19 heavy (non-hydrogen) atoms. The predicted octanol–water partition coefficient (Wildman–Crippen LogP) is 1.68. The zero-order valence-corrected chi connectivity index (χ0v) is 11.2. The Morgan fingerprint density at radius 3 is 2.21 bits per heavy atom. The van der Waals surface area contributed by atoms with Gasteiger partial charge < -0.3 is 19.0 Å². The van der Waals surface area contributed by atoms with E-state index in [4.69, 9.17) is 9.47 Å². The molecule has 1 rings (SSSR count). The van der Waals surface area contributed by atoms with Crippen molar-refractivity contribution in [1.82, 2.24) is 0 Å². The fourth-order valence-corrected chi connectivity index (χ4v) is 1.94. The van der Waals surface area contributed by atoms with E-state index in [2.05, 4.69) is 4.74 Å². The number of esters is 1. The highest BCUT2D eigenvalue weighted by Crippen LogP contribution is 2.39. The molecule has 0 aliphatic rings. The molecule has 0 fully saturated rings. The molecule has 0 radical (unpaired) electrons. The van der Waals surface area contributed by atoms with Crippen LogP contribution in [0.5, 0.6) is 11.5 Å². The van der Waals surface area contributed by atoms with Crippen LogP contribution >= 0.6 is 0 Å². The third-order valence-corrected chi connectivity index (χ3v) is 2.77. The van der Waals surface area contributed by atoms with Gasteiger partial charge in [0.05, 0.1) is 26.9 Å².